The number of anilines is 2. The van der Waals surface area contributed by atoms with Crippen LogP contribution in [0.3, 0.4) is 0 Å². The van der Waals surface area contributed by atoms with Crippen molar-refractivity contribution in [2.75, 3.05) is 49.9 Å². The predicted octanol–water partition coefficient (Wildman–Crippen LogP) is 7.48. The molecule has 4 N–H and O–H groups in total. The van der Waals surface area contributed by atoms with Crippen LogP contribution in [0.2, 0.25) is 0 Å². The van der Waals surface area contributed by atoms with E-state index in [-0.39, 0.29) is 55.3 Å². The molecule has 1 unspecified atom stereocenters. The van der Waals surface area contributed by atoms with Crippen LogP contribution in [0.15, 0.2) is 85.1 Å². The zero-order valence-electron chi connectivity index (χ0n) is 40.1. The van der Waals surface area contributed by atoms with Crippen LogP contribution < -0.4 is 21.3 Å². The second-order valence-corrected chi connectivity index (χ2v) is 18.7. The van der Waals surface area contributed by atoms with Gasteiger partial charge in [0.25, 0.3) is 11.8 Å². The molecular formula is C55H63N9O6. The molecular weight excluding hydrogens is 883 g/mol. The number of piperazine rings is 1. The monoisotopic (exact) mass is 945 g/mol. The molecule has 0 saturated carbocycles. The van der Waals surface area contributed by atoms with Crippen LogP contribution in [0.1, 0.15) is 121 Å². The van der Waals surface area contributed by atoms with Crippen molar-refractivity contribution in [3.63, 3.8) is 0 Å². The van der Waals surface area contributed by atoms with Gasteiger partial charge in [-0.05, 0) is 90.6 Å². The van der Waals surface area contributed by atoms with Gasteiger partial charge in [0.05, 0.1) is 17.1 Å². The van der Waals surface area contributed by atoms with Gasteiger partial charge in [-0.3, -0.25) is 39.1 Å². The van der Waals surface area contributed by atoms with Gasteiger partial charge < -0.3 is 30.7 Å². The van der Waals surface area contributed by atoms with Crippen molar-refractivity contribution < 1.29 is 28.8 Å². The fourth-order valence-corrected chi connectivity index (χ4v) is 9.88. The van der Waals surface area contributed by atoms with E-state index in [9.17, 15) is 34.0 Å². The summed E-state index contributed by atoms with van der Waals surface area (Å²) in [6, 6.07) is 25.7. The number of imide groups is 1. The summed E-state index contributed by atoms with van der Waals surface area (Å²) < 4.78 is 0. The Morgan fingerprint density at radius 1 is 0.814 bits per heavy atom. The van der Waals surface area contributed by atoms with Crippen LogP contribution in [0.25, 0.3) is 21.7 Å². The number of rotatable bonds is 21. The molecule has 15 heteroatoms. The third-order valence-electron chi connectivity index (χ3n) is 13.8. The Labute approximate surface area is 409 Å². The molecule has 0 spiro atoms. The van der Waals surface area contributed by atoms with Gasteiger partial charge in [0.2, 0.25) is 23.6 Å². The van der Waals surface area contributed by atoms with Crippen LogP contribution in [0.5, 0.6) is 0 Å². The van der Waals surface area contributed by atoms with E-state index < -0.39 is 18.0 Å². The summed E-state index contributed by atoms with van der Waals surface area (Å²) in [7, 11) is 0. The Bertz CT molecular complexity index is 2800. The number of amides is 6. The molecule has 0 bridgehead atoms. The number of aromatic nitrogens is 1. The van der Waals surface area contributed by atoms with Crippen molar-refractivity contribution >= 4 is 68.5 Å². The topological polar surface area (TPSA) is 197 Å². The molecule has 3 aliphatic rings. The quantitative estimate of drug-likeness (QED) is 0.0423. The number of benzene rings is 4. The summed E-state index contributed by atoms with van der Waals surface area (Å²) in [5.74, 6) is -1.43. The fraction of sp³-hybridized carbons (Fsp3) is 0.418. The standard InChI is InChI=1S/C55H63N9O6/c1-2-3-4-5-6-7-8-12-48(60-50(65)14-10-25-57-45-13-9-11-42-44(45)36-64(54(42)69)49-21-22-51(66)61-52(49)67)55(70)63-30-28-62(29-31-63)53(68)41-19-18-39-32-37(15-17-40(39)34-41)23-26-58-47-24-27-59-46-20-16-38(35-56)33-43(46)47/h9,11,13,15-20,24,27,32-34,48-49,57H,2-8,10,12,14,21-23,25-26,28-31,36H2,1H3,(H,58,59)(H,60,65)(H,61,66,67)/t48-,49?/m0/s1. The molecule has 3 aliphatic heterocycles. The van der Waals surface area contributed by atoms with Gasteiger partial charge in [-0.15, -0.1) is 0 Å². The van der Waals surface area contributed by atoms with E-state index in [1.807, 2.05) is 48.5 Å². The number of unbranched alkanes of at least 4 members (excludes halogenated alkanes) is 6. The molecule has 1 aromatic heterocycles. The van der Waals surface area contributed by atoms with Crippen molar-refractivity contribution in [1.29, 1.82) is 5.26 Å². The lowest BCUT2D eigenvalue weighted by atomic mass is 10.0. The maximum atomic E-state index is 14.1. The van der Waals surface area contributed by atoms with Gasteiger partial charge >= 0.3 is 0 Å². The molecule has 4 heterocycles. The van der Waals surface area contributed by atoms with E-state index in [1.165, 1.54) is 24.2 Å². The first-order chi connectivity index (χ1) is 34.1. The lowest BCUT2D eigenvalue weighted by Gasteiger charge is -2.36. The zero-order valence-corrected chi connectivity index (χ0v) is 40.1. The minimum absolute atomic E-state index is 0.0772. The highest BCUT2D eigenvalue weighted by Gasteiger charge is 2.40. The van der Waals surface area contributed by atoms with Crippen molar-refractivity contribution in [1.82, 2.24) is 30.3 Å². The van der Waals surface area contributed by atoms with Gasteiger partial charge in [0, 0.05) is 98.3 Å². The van der Waals surface area contributed by atoms with Gasteiger partial charge in [-0.1, -0.05) is 82.2 Å². The molecule has 2 atom stereocenters. The van der Waals surface area contributed by atoms with Crippen LogP contribution in [0, 0.1) is 11.3 Å². The second kappa shape index (κ2) is 23.3. The third-order valence-corrected chi connectivity index (χ3v) is 13.8. The Balaban J connectivity index is 0.814. The van der Waals surface area contributed by atoms with Crippen molar-refractivity contribution in [2.45, 2.75) is 109 Å². The van der Waals surface area contributed by atoms with Crippen molar-refractivity contribution in [3.05, 3.63) is 113 Å². The van der Waals surface area contributed by atoms with E-state index in [2.05, 4.69) is 51.4 Å². The van der Waals surface area contributed by atoms with Crippen LogP contribution in [-0.2, 0) is 32.1 Å². The molecule has 5 aromatic rings. The number of carbonyl (C=O) groups is 6. The normalized spacial score (nSPS) is 16.2. The average Bonchev–Trinajstić information content (AvgIpc) is 3.72. The highest BCUT2D eigenvalue weighted by atomic mass is 16.2. The summed E-state index contributed by atoms with van der Waals surface area (Å²) >= 11 is 0. The molecule has 6 amide bonds. The van der Waals surface area contributed by atoms with Crippen molar-refractivity contribution in [2.24, 2.45) is 0 Å². The highest BCUT2D eigenvalue weighted by Crippen LogP contribution is 2.32. The summed E-state index contributed by atoms with van der Waals surface area (Å²) in [5.41, 5.74) is 6.16. The summed E-state index contributed by atoms with van der Waals surface area (Å²) in [6.07, 6.45) is 11.9. The number of piperidine rings is 1. The number of carbonyl (C=O) groups excluding carboxylic acids is 6. The molecule has 8 rings (SSSR count). The smallest absolute Gasteiger partial charge is 0.255 e. The summed E-state index contributed by atoms with van der Waals surface area (Å²) in [5, 5.41) is 24.6. The minimum atomic E-state index is -0.701. The average molecular weight is 946 g/mol. The number of pyridine rings is 1. The maximum Gasteiger partial charge on any atom is 0.255 e. The molecule has 70 heavy (non-hydrogen) atoms. The van der Waals surface area contributed by atoms with Gasteiger partial charge in [0.15, 0.2) is 0 Å². The second-order valence-electron chi connectivity index (χ2n) is 18.7. The van der Waals surface area contributed by atoms with Crippen LogP contribution in [-0.4, -0.2) is 106 Å². The summed E-state index contributed by atoms with van der Waals surface area (Å²) in [6.45, 7) is 5.13. The van der Waals surface area contributed by atoms with E-state index in [0.29, 0.717) is 68.8 Å². The first-order valence-corrected chi connectivity index (χ1v) is 25.0. The number of nitrogens with zero attached hydrogens (tertiary/aromatic N) is 5. The SMILES string of the molecule is CCCCCCCCC[C@H](NC(=O)CCCNc1cccc2c1CN(C1CCC(=O)NC1=O)C2=O)C(=O)N1CCN(C(=O)c2ccc3cc(CCNc4ccnc5ccc(C#N)cc45)ccc3c2)CC1. The number of nitriles is 1. The van der Waals surface area contributed by atoms with Gasteiger partial charge in [-0.25, -0.2) is 0 Å². The van der Waals surface area contributed by atoms with Crippen LogP contribution in [0.4, 0.5) is 11.4 Å². The van der Waals surface area contributed by atoms with Gasteiger partial charge in [0.1, 0.15) is 12.1 Å². The summed E-state index contributed by atoms with van der Waals surface area (Å²) in [4.78, 5) is 88.4. The zero-order chi connectivity index (χ0) is 49.0. The number of fused-ring (bicyclic) bond motifs is 3. The van der Waals surface area contributed by atoms with E-state index in [4.69, 9.17) is 0 Å². The number of nitrogens with one attached hydrogen (secondary N) is 4. The molecule has 364 valence electrons. The maximum absolute atomic E-state index is 14.1. The molecule has 0 radical (unpaired) electrons. The Hall–Kier alpha value is -7.34. The predicted molar refractivity (Wildman–Crippen MR) is 270 cm³/mol. The molecule has 2 saturated heterocycles. The molecule has 0 aliphatic carbocycles. The first-order valence-electron chi connectivity index (χ1n) is 25.0. The Morgan fingerprint density at radius 2 is 1.57 bits per heavy atom. The third kappa shape index (κ3) is 11.9. The minimum Gasteiger partial charge on any atom is -0.385 e. The molecule has 15 nitrogen and oxygen atoms in total. The Kier molecular flexibility index (Phi) is 16.3. The first kappa shape index (κ1) is 49.1. The van der Waals surface area contributed by atoms with E-state index in [1.54, 1.807) is 34.2 Å². The van der Waals surface area contributed by atoms with E-state index >= 15 is 0 Å². The number of hydrogen-bond donors (Lipinski definition) is 4. The van der Waals surface area contributed by atoms with E-state index in [0.717, 1.165) is 76.3 Å². The Morgan fingerprint density at radius 3 is 2.37 bits per heavy atom. The van der Waals surface area contributed by atoms with Crippen molar-refractivity contribution in [3.8, 4) is 6.07 Å². The lowest BCUT2D eigenvalue weighted by molar-refractivity contribution is -0.138. The fourth-order valence-electron chi connectivity index (χ4n) is 9.88. The van der Waals surface area contributed by atoms with Crippen LogP contribution >= 0.6 is 0 Å². The molecule has 2 fully saturated rings. The largest absolute Gasteiger partial charge is 0.385 e. The number of hydrogen-bond acceptors (Lipinski definition) is 10. The molecule has 4 aromatic carbocycles. The lowest BCUT2D eigenvalue weighted by Crippen LogP contribution is -2.55. The van der Waals surface area contributed by atoms with Gasteiger partial charge in [-0.2, -0.15) is 5.26 Å². The highest BCUT2D eigenvalue weighted by molar-refractivity contribution is 6.06.